The summed E-state index contributed by atoms with van der Waals surface area (Å²) in [6.07, 6.45) is 7.71. The van der Waals surface area contributed by atoms with Gasteiger partial charge in [-0.3, -0.25) is 4.79 Å². The second-order valence-corrected chi connectivity index (χ2v) is 11.7. The van der Waals surface area contributed by atoms with Crippen LogP contribution in [-0.2, 0) is 14.3 Å². The molecule has 5 aliphatic rings. The van der Waals surface area contributed by atoms with Crippen LogP contribution in [0.15, 0.2) is 11.6 Å². The molecule has 4 fully saturated rings. The van der Waals surface area contributed by atoms with Crippen LogP contribution in [0.5, 0.6) is 0 Å². The second-order valence-electron chi connectivity index (χ2n) is 10.7. The van der Waals surface area contributed by atoms with Crippen LogP contribution in [0.25, 0.3) is 0 Å². The largest absolute Gasteiger partial charge is 0.390 e. The summed E-state index contributed by atoms with van der Waals surface area (Å²) in [5, 5.41) is 11.5. The summed E-state index contributed by atoms with van der Waals surface area (Å²) >= 11 is 1.69. The molecule has 0 aromatic carbocycles. The minimum atomic E-state index is -1.71. The van der Waals surface area contributed by atoms with Gasteiger partial charge in [-0.15, -0.1) is 11.8 Å². The lowest BCUT2D eigenvalue weighted by Gasteiger charge is -2.63. The van der Waals surface area contributed by atoms with Crippen molar-refractivity contribution in [2.24, 2.45) is 22.7 Å². The third kappa shape index (κ3) is 2.37. The molecule has 30 heavy (non-hydrogen) atoms. The summed E-state index contributed by atoms with van der Waals surface area (Å²) in [7, 11) is 0. The molecule has 0 aromatic heterocycles. The third-order valence-corrected chi connectivity index (χ3v) is 11.0. The van der Waals surface area contributed by atoms with E-state index in [-0.39, 0.29) is 35.4 Å². The van der Waals surface area contributed by atoms with Crippen LogP contribution in [0.2, 0.25) is 0 Å². The van der Waals surface area contributed by atoms with Crippen LogP contribution in [0.3, 0.4) is 0 Å². The van der Waals surface area contributed by atoms with E-state index < -0.39 is 22.1 Å². The van der Waals surface area contributed by atoms with Crippen molar-refractivity contribution in [3.63, 3.8) is 0 Å². The normalized spacial score (nSPS) is 54.8. The van der Waals surface area contributed by atoms with E-state index in [1.54, 1.807) is 17.8 Å². The number of carbonyl (C=O) groups is 1. The summed E-state index contributed by atoms with van der Waals surface area (Å²) < 4.78 is 30.1. The van der Waals surface area contributed by atoms with Gasteiger partial charge in [-0.05, 0) is 56.8 Å². The lowest BCUT2D eigenvalue weighted by molar-refractivity contribution is -0.226. The predicted octanol–water partition coefficient (Wildman–Crippen LogP) is 4.79. The van der Waals surface area contributed by atoms with E-state index in [0.717, 1.165) is 31.3 Å². The fourth-order valence-electron chi connectivity index (χ4n) is 8.05. The van der Waals surface area contributed by atoms with Gasteiger partial charge in [0.05, 0.1) is 12.2 Å². The fraction of sp³-hybridized carbons (Fsp3) is 0.875. The number of ketones is 1. The molecule has 168 valence electrons. The maximum atomic E-state index is 17.2. The number of ether oxygens (including phenoxy) is 2. The van der Waals surface area contributed by atoms with Crippen molar-refractivity contribution in [1.82, 2.24) is 0 Å². The molecule has 0 bridgehead atoms. The molecule has 1 N–H and O–H groups in total. The smallest absolute Gasteiger partial charge is 0.160 e. The third-order valence-electron chi connectivity index (χ3n) is 9.57. The standard InChI is InChI=1S/C24H35FO4S/c1-5-6-20-28-19-12-17-16-8-7-14-11-15(26)9-10-21(14,2)23(16,25)18(27)13-22(17,3)24(19,29-20)30-4/h11,16-20,27H,5-10,12-13H2,1-4H3/t16-,17-,18-,19+,20+,21-,22-,23-,24-/m0/s1. The summed E-state index contributed by atoms with van der Waals surface area (Å²) in [6, 6.07) is 0. The molecule has 4 nitrogen and oxygen atoms in total. The van der Waals surface area contributed by atoms with Gasteiger partial charge in [0.15, 0.2) is 12.1 Å². The van der Waals surface area contributed by atoms with Crippen LogP contribution in [0.1, 0.15) is 72.1 Å². The van der Waals surface area contributed by atoms with Crippen molar-refractivity contribution in [3.05, 3.63) is 11.6 Å². The molecule has 6 heteroatoms. The van der Waals surface area contributed by atoms with Crippen molar-refractivity contribution < 1.29 is 23.8 Å². The topological polar surface area (TPSA) is 55.8 Å². The van der Waals surface area contributed by atoms with E-state index in [0.29, 0.717) is 25.7 Å². The molecule has 5 rings (SSSR count). The minimum absolute atomic E-state index is 0.0636. The van der Waals surface area contributed by atoms with Gasteiger partial charge in [-0.25, -0.2) is 4.39 Å². The van der Waals surface area contributed by atoms with Gasteiger partial charge in [-0.1, -0.05) is 32.8 Å². The highest BCUT2D eigenvalue weighted by molar-refractivity contribution is 7.99. The van der Waals surface area contributed by atoms with E-state index in [1.807, 2.05) is 6.92 Å². The summed E-state index contributed by atoms with van der Waals surface area (Å²) in [6.45, 7) is 6.28. The Hall–Kier alpha value is -0.430. The Morgan fingerprint density at radius 1 is 1.30 bits per heavy atom. The SMILES string of the molecule is CCC[C@@H]1O[C@@H]2C[C@H]3[C@@H]4CCC5=CC(=O)CC[C@]5(C)[C@@]4(F)[C@@H](O)C[C@]3(C)[C@]2(SC)O1. The van der Waals surface area contributed by atoms with Gasteiger partial charge in [0.2, 0.25) is 0 Å². The van der Waals surface area contributed by atoms with Crippen LogP contribution in [-0.4, -0.2) is 46.2 Å². The lowest BCUT2D eigenvalue weighted by atomic mass is 9.45. The number of fused-ring (bicyclic) bond motifs is 7. The highest BCUT2D eigenvalue weighted by Crippen LogP contribution is 2.73. The zero-order valence-electron chi connectivity index (χ0n) is 18.6. The van der Waals surface area contributed by atoms with E-state index in [9.17, 15) is 9.90 Å². The maximum Gasteiger partial charge on any atom is 0.160 e. The van der Waals surface area contributed by atoms with Crippen molar-refractivity contribution in [1.29, 1.82) is 0 Å². The Morgan fingerprint density at radius 3 is 2.77 bits per heavy atom. The Bertz CT molecular complexity index is 787. The number of thioether (sulfide) groups is 1. The molecule has 3 saturated carbocycles. The second kappa shape index (κ2) is 6.79. The number of rotatable bonds is 3. The molecule has 0 amide bonds. The Morgan fingerprint density at radius 2 is 2.07 bits per heavy atom. The van der Waals surface area contributed by atoms with Crippen molar-refractivity contribution in [2.45, 2.75) is 101 Å². The highest BCUT2D eigenvalue weighted by atomic mass is 32.2. The fourth-order valence-corrected chi connectivity index (χ4v) is 9.37. The maximum absolute atomic E-state index is 17.2. The Kier molecular flexibility index (Phi) is 4.84. The number of alkyl halides is 1. The Labute approximate surface area is 183 Å². The molecule has 0 radical (unpaired) electrons. The first-order valence-corrected chi connectivity index (χ1v) is 12.9. The first kappa shape index (κ1) is 21.4. The first-order chi connectivity index (χ1) is 14.2. The van der Waals surface area contributed by atoms with Crippen LogP contribution < -0.4 is 0 Å². The molecule has 1 aliphatic heterocycles. The number of carbonyl (C=O) groups excluding carboxylic acids is 1. The molecule has 0 unspecified atom stereocenters. The van der Waals surface area contributed by atoms with E-state index in [2.05, 4.69) is 20.1 Å². The van der Waals surface area contributed by atoms with Crippen LogP contribution in [0, 0.1) is 22.7 Å². The quantitative estimate of drug-likeness (QED) is 0.686. The highest BCUT2D eigenvalue weighted by Gasteiger charge is 2.77. The van der Waals surface area contributed by atoms with Crippen molar-refractivity contribution >= 4 is 17.5 Å². The number of hydrogen-bond donors (Lipinski definition) is 1. The number of aliphatic hydroxyl groups is 1. The van der Waals surface area contributed by atoms with Gasteiger partial charge >= 0.3 is 0 Å². The number of allylic oxidation sites excluding steroid dienone is 1. The van der Waals surface area contributed by atoms with Gasteiger partial charge in [-0.2, -0.15) is 0 Å². The van der Waals surface area contributed by atoms with E-state index in [4.69, 9.17) is 9.47 Å². The monoisotopic (exact) mass is 438 g/mol. The summed E-state index contributed by atoms with van der Waals surface area (Å²) in [4.78, 5) is 11.5. The molecule has 0 spiro atoms. The first-order valence-electron chi connectivity index (χ1n) is 11.7. The van der Waals surface area contributed by atoms with Gasteiger partial charge < -0.3 is 14.6 Å². The summed E-state index contributed by atoms with van der Waals surface area (Å²) in [5.74, 6) is -0.0462. The van der Waals surface area contributed by atoms with E-state index >= 15 is 4.39 Å². The molecule has 4 aliphatic carbocycles. The molecular weight excluding hydrogens is 403 g/mol. The molecule has 1 saturated heterocycles. The predicted molar refractivity (Wildman–Crippen MR) is 115 cm³/mol. The van der Waals surface area contributed by atoms with Gasteiger partial charge in [0.1, 0.15) is 10.6 Å². The van der Waals surface area contributed by atoms with Crippen LogP contribution in [0.4, 0.5) is 4.39 Å². The number of aliphatic hydroxyl groups excluding tert-OH is 1. The lowest BCUT2D eigenvalue weighted by Crippen LogP contribution is -2.68. The summed E-state index contributed by atoms with van der Waals surface area (Å²) in [5.41, 5.74) is -1.90. The molecule has 0 aromatic rings. The number of hydrogen-bond acceptors (Lipinski definition) is 5. The minimum Gasteiger partial charge on any atom is -0.390 e. The number of halogens is 1. The van der Waals surface area contributed by atoms with Crippen LogP contribution >= 0.6 is 11.8 Å². The van der Waals surface area contributed by atoms with Gasteiger partial charge in [0, 0.05) is 23.2 Å². The average Bonchev–Trinajstić information content (AvgIpc) is 3.16. The van der Waals surface area contributed by atoms with Crippen molar-refractivity contribution in [2.75, 3.05) is 6.26 Å². The van der Waals surface area contributed by atoms with E-state index in [1.165, 1.54) is 0 Å². The zero-order valence-corrected chi connectivity index (χ0v) is 19.4. The average molecular weight is 439 g/mol. The Balaban J connectivity index is 1.55. The molecule has 1 heterocycles. The molecular formula is C24H35FO4S. The zero-order chi connectivity index (χ0) is 21.5. The van der Waals surface area contributed by atoms with Gasteiger partial charge in [0.25, 0.3) is 0 Å². The molecule has 9 atom stereocenters. The van der Waals surface area contributed by atoms with Crippen molar-refractivity contribution in [3.8, 4) is 0 Å².